The van der Waals surface area contributed by atoms with E-state index in [1.165, 1.54) is 24.4 Å². The van der Waals surface area contributed by atoms with Crippen molar-refractivity contribution in [2.45, 2.75) is 45.3 Å². The van der Waals surface area contributed by atoms with Gasteiger partial charge in [-0.05, 0) is 45.7 Å². The van der Waals surface area contributed by atoms with Crippen molar-refractivity contribution in [1.29, 1.82) is 0 Å². The molecule has 2 aliphatic rings. The van der Waals surface area contributed by atoms with Gasteiger partial charge in [0.25, 0.3) is 0 Å². The van der Waals surface area contributed by atoms with Crippen molar-refractivity contribution in [3.8, 4) is 11.5 Å². The molecule has 2 aliphatic heterocycles. The molecule has 4 rings (SSSR count). The van der Waals surface area contributed by atoms with Crippen molar-refractivity contribution >= 4 is 41.3 Å². The van der Waals surface area contributed by atoms with Crippen molar-refractivity contribution in [1.82, 2.24) is 14.8 Å². The van der Waals surface area contributed by atoms with E-state index < -0.39 is 29.6 Å². The summed E-state index contributed by atoms with van der Waals surface area (Å²) in [6.45, 7) is 6.93. The van der Waals surface area contributed by atoms with Crippen molar-refractivity contribution in [3.05, 3.63) is 41.3 Å². The first-order valence-electron chi connectivity index (χ1n) is 12.1. The van der Waals surface area contributed by atoms with Gasteiger partial charge < -0.3 is 24.4 Å². The van der Waals surface area contributed by atoms with E-state index in [9.17, 15) is 18.8 Å². The lowest BCUT2D eigenvalue weighted by Gasteiger charge is -2.30. The van der Waals surface area contributed by atoms with Crippen LogP contribution in [0.1, 0.15) is 33.6 Å². The Balaban J connectivity index is 1.39. The van der Waals surface area contributed by atoms with E-state index in [1.807, 2.05) is 0 Å². The lowest BCUT2D eigenvalue weighted by molar-refractivity contribution is 0.0510. The highest BCUT2D eigenvalue weighted by Crippen LogP contribution is 2.34. The minimum absolute atomic E-state index is 0.0109. The second kappa shape index (κ2) is 11.4. The van der Waals surface area contributed by atoms with Gasteiger partial charge in [-0.1, -0.05) is 11.6 Å². The molecule has 3 heterocycles. The lowest BCUT2D eigenvalue weighted by Crippen LogP contribution is -2.44. The summed E-state index contributed by atoms with van der Waals surface area (Å²) in [6, 6.07) is 3.96. The summed E-state index contributed by atoms with van der Waals surface area (Å²) in [6.07, 6.45) is 2.11. The predicted molar refractivity (Wildman–Crippen MR) is 137 cm³/mol. The number of carbonyl (C=O) groups excluding carboxylic acids is 3. The van der Waals surface area contributed by atoms with Gasteiger partial charge in [0.15, 0.2) is 5.82 Å². The molecule has 0 spiro atoms. The Kier molecular flexibility index (Phi) is 8.22. The zero-order valence-corrected chi connectivity index (χ0v) is 22.0. The second-order valence-electron chi connectivity index (χ2n) is 9.77. The molecule has 13 heteroatoms. The number of hydrogen-bond acceptors (Lipinski definition) is 7. The number of urea groups is 2. The van der Waals surface area contributed by atoms with Crippen LogP contribution in [0.25, 0.3) is 0 Å². The van der Waals surface area contributed by atoms with Crippen molar-refractivity contribution in [2.75, 3.05) is 36.9 Å². The Morgan fingerprint density at radius 3 is 2.61 bits per heavy atom. The first-order chi connectivity index (χ1) is 18.0. The molecule has 5 amide bonds. The summed E-state index contributed by atoms with van der Waals surface area (Å²) in [5, 5.41) is 4.91. The molecule has 1 aromatic heterocycles. The molecule has 2 saturated heterocycles. The molecule has 0 atom stereocenters. The van der Waals surface area contributed by atoms with Crippen LogP contribution in [0.5, 0.6) is 11.5 Å². The van der Waals surface area contributed by atoms with E-state index in [-0.39, 0.29) is 40.6 Å². The summed E-state index contributed by atoms with van der Waals surface area (Å²) < 4.78 is 31.1. The fraction of sp³-hybridized carbons (Fsp3) is 0.440. The molecule has 0 aliphatic carbocycles. The summed E-state index contributed by atoms with van der Waals surface area (Å²) in [4.78, 5) is 44.2. The Labute approximate surface area is 224 Å². The van der Waals surface area contributed by atoms with Gasteiger partial charge in [0.05, 0.1) is 10.7 Å². The van der Waals surface area contributed by atoms with Gasteiger partial charge in [0, 0.05) is 50.7 Å². The largest absolute Gasteiger partial charge is 0.455 e. The van der Waals surface area contributed by atoms with E-state index in [2.05, 4.69) is 15.6 Å². The molecule has 0 bridgehead atoms. The maximum atomic E-state index is 14.9. The van der Waals surface area contributed by atoms with Crippen LogP contribution in [0.3, 0.4) is 0 Å². The number of amides is 5. The predicted octanol–water partition coefficient (Wildman–Crippen LogP) is 5.46. The Morgan fingerprint density at radius 2 is 1.89 bits per heavy atom. The van der Waals surface area contributed by atoms with Gasteiger partial charge in [-0.15, -0.1) is 0 Å². The van der Waals surface area contributed by atoms with Gasteiger partial charge in [-0.2, -0.15) is 0 Å². The van der Waals surface area contributed by atoms with Crippen LogP contribution in [0.15, 0.2) is 30.5 Å². The fourth-order valence-electron chi connectivity index (χ4n) is 4.04. The first kappa shape index (κ1) is 27.4. The van der Waals surface area contributed by atoms with Crippen molar-refractivity contribution in [3.63, 3.8) is 0 Å². The third kappa shape index (κ3) is 6.81. The minimum Gasteiger partial charge on any atom is -0.455 e. The van der Waals surface area contributed by atoms with Crippen molar-refractivity contribution in [2.24, 2.45) is 0 Å². The molecule has 38 heavy (non-hydrogen) atoms. The third-order valence-electron chi connectivity index (χ3n) is 5.77. The van der Waals surface area contributed by atoms with Gasteiger partial charge >= 0.3 is 18.2 Å². The Bertz CT molecular complexity index is 1220. The van der Waals surface area contributed by atoms with Crippen molar-refractivity contribution < 1.29 is 33.0 Å². The molecular weight excluding hydrogens is 521 g/mol. The number of rotatable bonds is 5. The summed E-state index contributed by atoms with van der Waals surface area (Å²) in [7, 11) is 0. The third-order valence-corrected chi connectivity index (χ3v) is 6.06. The summed E-state index contributed by atoms with van der Waals surface area (Å²) in [5.41, 5.74) is -0.890. The zero-order valence-electron chi connectivity index (χ0n) is 21.3. The number of imide groups is 1. The maximum Gasteiger partial charge on any atom is 0.413 e. The molecule has 2 fully saturated rings. The molecule has 0 saturated carbocycles. The first-order valence-corrected chi connectivity index (χ1v) is 12.5. The summed E-state index contributed by atoms with van der Waals surface area (Å²) in [5.74, 6) is -0.464. The minimum atomic E-state index is -0.813. The number of benzene rings is 1. The number of pyridine rings is 1. The van der Waals surface area contributed by atoms with Crippen LogP contribution in [0, 0.1) is 5.82 Å². The van der Waals surface area contributed by atoms with Crippen LogP contribution in [0.4, 0.5) is 30.3 Å². The molecule has 204 valence electrons. The highest BCUT2D eigenvalue weighted by molar-refractivity contribution is 6.32. The summed E-state index contributed by atoms with van der Waals surface area (Å²) >= 11 is 6.30. The van der Waals surface area contributed by atoms with E-state index in [4.69, 9.17) is 25.8 Å². The van der Waals surface area contributed by atoms with Gasteiger partial charge in [0.1, 0.15) is 22.9 Å². The highest BCUT2D eigenvalue weighted by atomic mass is 35.5. The number of aromatic nitrogens is 1. The molecular formula is C25H29ClFN5O6. The van der Waals surface area contributed by atoms with Crippen LogP contribution < -0.4 is 15.4 Å². The average molecular weight is 550 g/mol. The standard InChI is InChI=1S/C25H29ClFN5O6/c1-25(2,3)38-23(34)30-21-12-16(4-7-28-21)37-20-14-18(27)19(13-17(20)26)29-22(33)32-9-8-31(24(32)35)15-5-10-36-11-6-15/h4,7,12-15H,5-6,8-11H2,1-3H3,(H,29,33)(H,28,30,34). The highest BCUT2D eigenvalue weighted by Gasteiger charge is 2.38. The molecule has 0 radical (unpaired) electrons. The number of carbonyl (C=O) groups is 3. The molecule has 2 aromatic rings. The quantitative estimate of drug-likeness (QED) is 0.507. The zero-order chi connectivity index (χ0) is 27.4. The fourth-order valence-corrected chi connectivity index (χ4v) is 4.24. The number of anilines is 2. The second-order valence-corrected chi connectivity index (χ2v) is 10.2. The average Bonchev–Trinajstić information content (AvgIpc) is 3.23. The number of nitrogens with zero attached hydrogens (tertiary/aromatic N) is 3. The van der Waals surface area contributed by atoms with Crippen LogP contribution >= 0.6 is 11.6 Å². The Morgan fingerprint density at radius 1 is 1.16 bits per heavy atom. The monoisotopic (exact) mass is 549 g/mol. The lowest BCUT2D eigenvalue weighted by atomic mass is 10.1. The van der Waals surface area contributed by atoms with Gasteiger partial charge in [0.2, 0.25) is 0 Å². The van der Waals surface area contributed by atoms with E-state index in [1.54, 1.807) is 25.7 Å². The normalized spacial score (nSPS) is 16.4. The number of halogens is 2. The smallest absolute Gasteiger partial charge is 0.413 e. The maximum absolute atomic E-state index is 14.9. The molecule has 11 nitrogen and oxygen atoms in total. The van der Waals surface area contributed by atoms with Crippen LogP contribution in [-0.2, 0) is 9.47 Å². The number of hydrogen-bond donors (Lipinski definition) is 2. The number of ether oxygens (including phenoxy) is 3. The molecule has 2 N–H and O–H groups in total. The van der Waals surface area contributed by atoms with Gasteiger partial charge in [-0.3, -0.25) is 5.32 Å². The van der Waals surface area contributed by atoms with Crippen LogP contribution in [0.2, 0.25) is 5.02 Å². The van der Waals surface area contributed by atoms with E-state index in [0.717, 1.165) is 11.0 Å². The number of nitrogens with one attached hydrogen (secondary N) is 2. The van der Waals surface area contributed by atoms with Crippen LogP contribution in [-0.4, -0.2) is 70.9 Å². The van der Waals surface area contributed by atoms with E-state index in [0.29, 0.717) is 32.6 Å². The Hall–Kier alpha value is -3.64. The topological polar surface area (TPSA) is 122 Å². The molecule has 1 aromatic carbocycles. The SMILES string of the molecule is CC(C)(C)OC(=O)Nc1cc(Oc2cc(F)c(NC(=O)N3CCN(C4CCOCC4)C3=O)cc2Cl)ccn1. The molecule has 0 unspecified atom stereocenters. The van der Waals surface area contributed by atoms with E-state index >= 15 is 0 Å². The van der Waals surface area contributed by atoms with Gasteiger partial charge in [-0.25, -0.2) is 28.7 Å².